The van der Waals surface area contributed by atoms with E-state index in [2.05, 4.69) is 0 Å². The number of rotatable bonds is 22. The van der Waals surface area contributed by atoms with E-state index in [0.29, 0.717) is 11.1 Å². The van der Waals surface area contributed by atoms with E-state index in [9.17, 15) is 28.8 Å². The topological polar surface area (TPSA) is 176 Å². The molecule has 0 radical (unpaired) electrons. The molecule has 0 amide bonds. The molecule has 14 nitrogen and oxygen atoms in total. The Morgan fingerprint density at radius 1 is 0.508 bits per heavy atom. The van der Waals surface area contributed by atoms with Crippen LogP contribution in [0, 0.1) is 11.8 Å². The van der Waals surface area contributed by atoms with Crippen molar-refractivity contribution in [1.29, 1.82) is 0 Å². The molecule has 14 heteroatoms. The quantitative estimate of drug-likeness (QED) is 0.0316. The fourth-order valence-corrected chi connectivity index (χ4v) is 5.73. The normalized spacial score (nSPS) is 12.1. The van der Waals surface area contributed by atoms with Gasteiger partial charge in [0.2, 0.25) is 12.2 Å². The van der Waals surface area contributed by atoms with Crippen molar-refractivity contribution in [1.82, 2.24) is 0 Å². The molecule has 332 valence electrons. The standard InChI is InChI=1S/C49H52O14/c1-32(2)25-44(62-48(54)58-30-36-13-9-7-10-14-36)46(52)60-40-23-19-34(27-42(40)56-5)17-21-38(50)29-39(51)22-18-35-20-24-41(43(28-35)57-6)61-47(53)45(26-33(3)4)63-49(55)59-31-37-15-11-8-12-16-37/h7-24,27-28,32-33,44-45H,25-26,29-31H2,1-6H3/b21-17+,22-18+/t44-,45-/m0/s1. The summed E-state index contributed by atoms with van der Waals surface area (Å²) in [4.78, 5) is 76.6. The third kappa shape index (κ3) is 17.0. The Morgan fingerprint density at radius 2 is 0.889 bits per heavy atom. The number of ketones is 2. The zero-order chi connectivity index (χ0) is 45.7. The molecule has 0 aromatic heterocycles. The van der Waals surface area contributed by atoms with Crippen molar-refractivity contribution in [3.8, 4) is 23.0 Å². The van der Waals surface area contributed by atoms with Gasteiger partial charge in [0.15, 0.2) is 34.6 Å². The number of carbonyl (C=O) groups excluding carboxylic acids is 6. The minimum absolute atomic E-state index is 0.0189. The fourth-order valence-electron chi connectivity index (χ4n) is 5.73. The number of methoxy groups -OCH3 is 2. The highest BCUT2D eigenvalue weighted by molar-refractivity contribution is 6.11. The minimum atomic E-state index is -1.24. The lowest BCUT2D eigenvalue weighted by molar-refractivity contribution is -0.147. The van der Waals surface area contributed by atoms with Gasteiger partial charge in [-0.15, -0.1) is 0 Å². The predicted molar refractivity (Wildman–Crippen MR) is 232 cm³/mol. The van der Waals surface area contributed by atoms with Gasteiger partial charge in [0.05, 0.1) is 20.6 Å². The molecule has 0 unspecified atom stereocenters. The van der Waals surface area contributed by atoms with Crippen LogP contribution in [-0.2, 0) is 51.3 Å². The highest BCUT2D eigenvalue weighted by atomic mass is 16.7. The maximum Gasteiger partial charge on any atom is 0.509 e. The second-order valence-corrected chi connectivity index (χ2v) is 15.0. The molecule has 0 aliphatic carbocycles. The molecule has 63 heavy (non-hydrogen) atoms. The summed E-state index contributed by atoms with van der Waals surface area (Å²) in [5.74, 6) is -2.17. The van der Waals surface area contributed by atoms with Crippen LogP contribution < -0.4 is 18.9 Å². The summed E-state index contributed by atoms with van der Waals surface area (Å²) in [6, 6.07) is 27.2. The Kier molecular flexibility index (Phi) is 19.1. The van der Waals surface area contributed by atoms with Crippen molar-refractivity contribution in [2.24, 2.45) is 11.8 Å². The molecule has 0 bridgehead atoms. The maximum absolute atomic E-state index is 13.1. The van der Waals surface area contributed by atoms with E-state index in [4.69, 9.17) is 37.9 Å². The van der Waals surface area contributed by atoms with Crippen molar-refractivity contribution in [2.45, 2.75) is 72.4 Å². The molecule has 4 rings (SSSR count). The number of hydrogen-bond acceptors (Lipinski definition) is 14. The van der Waals surface area contributed by atoms with Gasteiger partial charge >= 0.3 is 24.2 Å². The molecule has 4 aromatic carbocycles. The summed E-state index contributed by atoms with van der Waals surface area (Å²) in [7, 11) is 2.75. The first-order valence-corrected chi connectivity index (χ1v) is 20.2. The van der Waals surface area contributed by atoms with Crippen LogP contribution in [0.15, 0.2) is 109 Å². The first-order valence-electron chi connectivity index (χ1n) is 20.2. The summed E-state index contributed by atoms with van der Waals surface area (Å²) >= 11 is 0. The zero-order valence-corrected chi connectivity index (χ0v) is 36.1. The van der Waals surface area contributed by atoms with Crippen LogP contribution in [-0.4, -0.2) is 62.2 Å². The van der Waals surface area contributed by atoms with Crippen molar-refractivity contribution >= 4 is 48.0 Å². The molecule has 0 aliphatic rings. The summed E-state index contributed by atoms with van der Waals surface area (Å²) in [6.45, 7) is 7.41. The van der Waals surface area contributed by atoms with Crippen molar-refractivity contribution in [3.05, 3.63) is 131 Å². The van der Waals surface area contributed by atoms with Gasteiger partial charge in [-0.2, -0.15) is 0 Å². The molecule has 0 fully saturated rings. The van der Waals surface area contributed by atoms with Crippen molar-refractivity contribution in [2.75, 3.05) is 14.2 Å². The molecule has 0 aliphatic heterocycles. The number of ether oxygens (including phenoxy) is 8. The first kappa shape index (κ1) is 48.4. The van der Waals surface area contributed by atoms with Gasteiger partial charge in [-0.05, 0) is 83.3 Å². The number of hydrogen-bond donors (Lipinski definition) is 0. The largest absolute Gasteiger partial charge is 0.509 e. The van der Waals surface area contributed by atoms with E-state index in [1.165, 1.54) is 62.8 Å². The van der Waals surface area contributed by atoms with E-state index in [-0.39, 0.29) is 60.9 Å². The van der Waals surface area contributed by atoms with E-state index in [1.54, 1.807) is 60.7 Å². The molecular weight excluding hydrogens is 813 g/mol. The lowest BCUT2D eigenvalue weighted by Crippen LogP contribution is -2.32. The minimum Gasteiger partial charge on any atom is -0.493 e. The van der Waals surface area contributed by atoms with Gasteiger partial charge < -0.3 is 37.9 Å². The van der Waals surface area contributed by atoms with Gasteiger partial charge in [0, 0.05) is 0 Å². The zero-order valence-electron chi connectivity index (χ0n) is 36.1. The predicted octanol–water partition coefficient (Wildman–Crippen LogP) is 9.31. The van der Waals surface area contributed by atoms with Gasteiger partial charge in [-0.1, -0.05) is 113 Å². The van der Waals surface area contributed by atoms with E-state index in [1.807, 2.05) is 39.8 Å². The van der Waals surface area contributed by atoms with Crippen LogP contribution in [0.4, 0.5) is 9.59 Å². The fraction of sp³-hybridized carbons (Fsp3) is 0.306. The Hall–Kier alpha value is -7.22. The monoisotopic (exact) mass is 864 g/mol. The highest BCUT2D eigenvalue weighted by Gasteiger charge is 2.29. The summed E-state index contributed by atoms with van der Waals surface area (Å²) in [5, 5.41) is 0. The van der Waals surface area contributed by atoms with E-state index in [0.717, 1.165) is 11.1 Å². The molecule has 0 N–H and O–H groups in total. The summed E-state index contributed by atoms with van der Waals surface area (Å²) in [6.07, 6.45) is 0.877. The van der Waals surface area contributed by atoms with Gasteiger partial charge in [0.1, 0.15) is 13.2 Å². The lowest BCUT2D eigenvalue weighted by Gasteiger charge is -2.19. The molecule has 0 saturated carbocycles. The number of benzene rings is 4. The van der Waals surface area contributed by atoms with Crippen molar-refractivity contribution in [3.63, 3.8) is 0 Å². The van der Waals surface area contributed by atoms with Crippen LogP contribution in [0.5, 0.6) is 23.0 Å². The Morgan fingerprint density at radius 3 is 1.24 bits per heavy atom. The lowest BCUT2D eigenvalue weighted by atomic mass is 10.1. The first-order chi connectivity index (χ1) is 30.2. The third-order valence-corrected chi connectivity index (χ3v) is 8.84. The average Bonchev–Trinajstić information content (AvgIpc) is 3.26. The van der Waals surface area contributed by atoms with Gasteiger partial charge in [0.25, 0.3) is 0 Å². The molecule has 4 aromatic rings. The maximum atomic E-state index is 13.1. The van der Waals surface area contributed by atoms with Crippen LogP contribution in [0.25, 0.3) is 12.2 Å². The average molecular weight is 865 g/mol. The second-order valence-electron chi connectivity index (χ2n) is 15.0. The Labute approximate surface area is 366 Å². The van der Waals surface area contributed by atoms with Crippen LogP contribution in [0.1, 0.15) is 69.2 Å². The molecule has 0 spiro atoms. The van der Waals surface area contributed by atoms with Crippen LogP contribution in [0.3, 0.4) is 0 Å². The van der Waals surface area contributed by atoms with Crippen molar-refractivity contribution < 1.29 is 66.7 Å². The Balaban J connectivity index is 1.30. The van der Waals surface area contributed by atoms with E-state index < -0.39 is 54.4 Å². The van der Waals surface area contributed by atoms with Gasteiger partial charge in [-0.25, -0.2) is 19.2 Å². The number of esters is 2. The SMILES string of the molecule is COc1cc(/C=C/C(=O)CC(=O)/C=C/c2ccc(OC(=O)[C@H](CC(C)C)OC(=O)OCc3ccccc3)c(OC)c2)ccc1OC(=O)[C@H](CC(C)C)OC(=O)OCc1ccccc1. The van der Waals surface area contributed by atoms with Gasteiger partial charge in [-0.3, -0.25) is 9.59 Å². The van der Waals surface area contributed by atoms with Crippen LogP contribution in [0.2, 0.25) is 0 Å². The van der Waals surface area contributed by atoms with Crippen LogP contribution >= 0.6 is 0 Å². The molecule has 0 heterocycles. The molecule has 0 saturated heterocycles. The number of allylic oxidation sites excluding steroid dienone is 2. The molecular formula is C49H52O14. The Bertz CT molecular complexity index is 2070. The third-order valence-electron chi connectivity index (χ3n) is 8.84. The summed E-state index contributed by atoms with van der Waals surface area (Å²) < 4.78 is 43.0. The smallest absolute Gasteiger partial charge is 0.493 e. The molecule has 2 atom stereocenters. The highest BCUT2D eigenvalue weighted by Crippen LogP contribution is 2.31. The number of carbonyl (C=O) groups is 6. The summed E-state index contributed by atoms with van der Waals surface area (Å²) in [5.41, 5.74) is 2.54. The second kappa shape index (κ2) is 24.9. The van der Waals surface area contributed by atoms with E-state index >= 15 is 0 Å².